The van der Waals surface area contributed by atoms with Crippen LogP contribution >= 0.6 is 0 Å². The molecule has 0 radical (unpaired) electrons. The van der Waals surface area contributed by atoms with Crippen molar-refractivity contribution >= 4 is 17.7 Å². The van der Waals surface area contributed by atoms with Crippen molar-refractivity contribution in [2.75, 3.05) is 11.9 Å². The van der Waals surface area contributed by atoms with Gasteiger partial charge in [0.2, 0.25) is 5.88 Å². The highest BCUT2D eigenvalue weighted by Crippen LogP contribution is 2.36. The quantitative estimate of drug-likeness (QED) is 0.862. The second-order valence-corrected chi connectivity index (χ2v) is 6.01. The van der Waals surface area contributed by atoms with Gasteiger partial charge in [-0.15, -0.1) is 0 Å². The largest absolute Gasteiger partial charge is 0.432 e. The fraction of sp³-hybridized carbons (Fsp3) is 0.278. The Bertz CT molecular complexity index is 927. The van der Waals surface area contributed by atoms with Crippen molar-refractivity contribution in [2.45, 2.75) is 20.8 Å². The summed E-state index contributed by atoms with van der Waals surface area (Å²) in [6.07, 6.45) is 1.55. The number of anilines is 1. The average molecular weight is 325 g/mol. The fourth-order valence-electron chi connectivity index (χ4n) is 2.51. The Morgan fingerprint density at radius 1 is 1.33 bits per heavy atom. The number of H-pyrrole nitrogens is 1. The molecule has 1 aromatic carbocycles. The number of carbonyl (C=O) groups is 1. The third-order valence-corrected chi connectivity index (χ3v) is 3.91. The number of nitrogens with zero attached hydrogens (tertiary/aromatic N) is 2. The number of aromatic nitrogens is 2. The number of aryl methyl sites for hydroxylation is 1. The topological polar surface area (TPSA) is 67.3 Å². The van der Waals surface area contributed by atoms with E-state index in [4.69, 9.17) is 4.74 Å². The van der Waals surface area contributed by atoms with Gasteiger partial charge >= 0.3 is 0 Å². The molecule has 0 aliphatic carbocycles. The minimum absolute atomic E-state index is 0.267. The molecule has 0 spiro atoms. The minimum atomic E-state index is -0.377. The van der Waals surface area contributed by atoms with Crippen molar-refractivity contribution < 1.29 is 9.53 Å². The van der Waals surface area contributed by atoms with Gasteiger partial charge in [-0.25, -0.2) is 0 Å². The van der Waals surface area contributed by atoms with Crippen molar-refractivity contribution in [3.05, 3.63) is 57.5 Å². The fourth-order valence-corrected chi connectivity index (χ4v) is 2.51. The lowest BCUT2D eigenvalue weighted by atomic mass is 10.2. The SMILES string of the molecule is Cc1[nH]n(C(=O)C(C)C)c(=O)c1C=C=C1Oc2ccccc2N1C. The van der Waals surface area contributed by atoms with Crippen LogP contribution in [0.5, 0.6) is 5.75 Å². The van der Waals surface area contributed by atoms with E-state index < -0.39 is 0 Å². The van der Waals surface area contributed by atoms with Crippen LogP contribution in [-0.4, -0.2) is 22.7 Å². The normalized spacial score (nSPS) is 12.9. The molecule has 124 valence electrons. The molecule has 0 amide bonds. The van der Waals surface area contributed by atoms with E-state index in [9.17, 15) is 9.59 Å². The van der Waals surface area contributed by atoms with Gasteiger partial charge in [0, 0.05) is 24.7 Å². The molecule has 1 aliphatic heterocycles. The molecule has 1 aliphatic rings. The number of rotatable bonds is 2. The number of hydrogen-bond donors (Lipinski definition) is 1. The molecule has 2 aromatic rings. The zero-order chi connectivity index (χ0) is 17.4. The molecular weight excluding hydrogens is 306 g/mol. The monoisotopic (exact) mass is 325 g/mol. The third-order valence-electron chi connectivity index (χ3n) is 3.91. The maximum Gasteiger partial charge on any atom is 0.281 e. The molecule has 0 bridgehead atoms. The summed E-state index contributed by atoms with van der Waals surface area (Å²) in [6, 6.07) is 7.64. The smallest absolute Gasteiger partial charge is 0.281 e. The second-order valence-electron chi connectivity index (χ2n) is 6.01. The van der Waals surface area contributed by atoms with Crippen molar-refractivity contribution in [2.24, 2.45) is 5.92 Å². The molecule has 0 saturated carbocycles. The predicted octanol–water partition coefficient (Wildman–Crippen LogP) is 2.76. The van der Waals surface area contributed by atoms with Crippen molar-refractivity contribution in [3.8, 4) is 5.75 Å². The highest BCUT2D eigenvalue weighted by Gasteiger charge is 2.22. The number of ether oxygens (including phenoxy) is 1. The summed E-state index contributed by atoms with van der Waals surface area (Å²) in [5.74, 6) is 0.707. The summed E-state index contributed by atoms with van der Waals surface area (Å²) in [6.45, 7) is 5.25. The summed E-state index contributed by atoms with van der Waals surface area (Å²) in [5.41, 5.74) is 4.57. The average Bonchev–Trinajstić information content (AvgIpc) is 3.02. The van der Waals surface area contributed by atoms with Crippen LogP contribution in [0.15, 0.2) is 40.7 Å². The van der Waals surface area contributed by atoms with Crippen molar-refractivity contribution in [1.82, 2.24) is 9.78 Å². The Hall–Kier alpha value is -2.98. The molecule has 3 rings (SSSR count). The van der Waals surface area contributed by atoms with Crippen LogP contribution in [0.3, 0.4) is 0 Å². The van der Waals surface area contributed by atoms with E-state index in [0.717, 1.165) is 16.1 Å². The highest BCUT2D eigenvalue weighted by atomic mass is 16.5. The van der Waals surface area contributed by atoms with E-state index in [-0.39, 0.29) is 17.4 Å². The van der Waals surface area contributed by atoms with Gasteiger partial charge in [-0.1, -0.05) is 31.7 Å². The number of benzene rings is 1. The minimum Gasteiger partial charge on any atom is -0.432 e. The van der Waals surface area contributed by atoms with Crippen molar-refractivity contribution in [1.29, 1.82) is 0 Å². The molecule has 6 nitrogen and oxygen atoms in total. The standard InChI is InChI=1S/C18H19N3O3/c1-11(2)17(22)21-18(23)13(12(3)19-21)9-10-16-20(4)14-7-5-6-8-15(14)24-16/h5-9,11,19H,1-4H3. The molecule has 0 fully saturated rings. The maximum absolute atomic E-state index is 12.4. The lowest BCUT2D eigenvalue weighted by Crippen LogP contribution is -2.28. The summed E-state index contributed by atoms with van der Waals surface area (Å²) in [7, 11) is 1.87. The number of fused-ring (bicyclic) bond motifs is 1. The van der Waals surface area contributed by atoms with Gasteiger partial charge in [0.1, 0.15) is 0 Å². The van der Waals surface area contributed by atoms with Gasteiger partial charge in [0.25, 0.3) is 11.5 Å². The summed E-state index contributed by atoms with van der Waals surface area (Å²) < 4.78 is 6.78. The number of nitrogens with one attached hydrogen (secondary N) is 1. The Balaban J connectivity index is 2.00. The number of carbonyl (C=O) groups excluding carboxylic acids is 1. The van der Waals surface area contributed by atoms with Crippen LogP contribution < -0.4 is 15.2 Å². The second kappa shape index (κ2) is 5.91. The van der Waals surface area contributed by atoms with E-state index in [0.29, 0.717) is 17.1 Å². The molecule has 0 atom stereocenters. The van der Waals surface area contributed by atoms with E-state index >= 15 is 0 Å². The van der Waals surface area contributed by atoms with Crippen LogP contribution in [0.25, 0.3) is 6.08 Å². The first-order valence-corrected chi connectivity index (χ1v) is 7.73. The zero-order valence-corrected chi connectivity index (χ0v) is 14.1. The highest BCUT2D eigenvalue weighted by molar-refractivity contribution is 5.80. The van der Waals surface area contributed by atoms with Crippen LogP contribution in [0.4, 0.5) is 5.69 Å². The summed E-state index contributed by atoms with van der Waals surface area (Å²) in [5, 5.41) is 2.82. The van der Waals surface area contributed by atoms with Gasteiger partial charge in [-0.05, 0) is 19.1 Å². The molecule has 1 N–H and O–H groups in total. The van der Waals surface area contributed by atoms with Crippen LogP contribution in [0.1, 0.15) is 29.9 Å². The first kappa shape index (κ1) is 15.9. The lowest BCUT2D eigenvalue weighted by molar-refractivity contribution is 0.0834. The molecule has 6 heteroatoms. The number of aromatic amines is 1. The number of para-hydroxylation sites is 2. The van der Waals surface area contributed by atoms with E-state index in [1.54, 1.807) is 26.8 Å². The maximum atomic E-state index is 12.4. The summed E-state index contributed by atoms with van der Waals surface area (Å²) >= 11 is 0. The third kappa shape index (κ3) is 2.57. The first-order chi connectivity index (χ1) is 11.4. The van der Waals surface area contributed by atoms with Crippen LogP contribution in [-0.2, 0) is 0 Å². The first-order valence-electron chi connectivity index (χ1n) is 7.73. The predicted molar refractivity (Wildman–Crippen MR) is 92.2 cm³/mol. The van der Waals surface area contributed by atoms with Crippen molar-refractivity contribution in [3.63, 3.8) is 0 Å². The number of hydrogen-bond acceptors (Lipinski definition) is 4. The van der Waals surface area contributed by atoms with Gasteiger partial charge in [0.05, 0.1) is 11.3 Å². The van der Waals surface area contributed by atoms with Gasteiger partial charge in [-0.3, -0.25) is 14.7 Å². The molecule has 2 heterocycles. The van der Waals surface area contributed by atoms with Crippen LogP contribution in [0.2, 0.25) is 0 Å². The van der Waals surface area contributed by atoms with E-state index in [1.165, 1.54) is 0 Å². The van der Waals surface area contributed by atoms with Gasteiger partial charge in [-0.2, -0.15) is 4.68 Å². The zero-order valence-electron chi connectivity index (χ0n) is 14.1. The molecule has 0 saturated heterocycles. The lowest BCUT2D eigenvalue weighted by Gasteiger charge is -2.07. The van der Waals surface area contributed by atoms with E-state index in [1.807, 2.05) is 36.2 Å². The van der Waals surface area contributed by atoms with Gasteiger partial charge in [0.15, 0.2) is 5.75 Å². The Morgan fingerprint density at radius 2 is 2.04 bits per heavy atom. The molecule has 1 aromatic heterocycles. The van der Waals surface area contributed by atoms with E-state index in [2.05, 4.69) is 10.8 Å². The molecule has 0 unspecified atom stereocenters. The van der Waals surface area contributed by atoms with Crippen LogP contribution in [0, 0.1) is 12.8 Å². The Labute approximate surface area is 139 Å². The molecule has 24 heavy (non-hydrogen) atoms. The Kier molecular flexibility index (Phi) is 3.91. The summed E-state index contributed by atoms with van der Waals surface area (Å²) in [4.78, 5) is 26.3. The molecular formula is C18H19N3O3. The van der Waals surface area contributed by atoms with Gasteiger partial charge < -0.3 is 9.64 Å². The Morgan fingerprint density at radius 3 is 2.71 bits per heavy atom.